The van der Waals surface area contributed by atoms with Crippen LogP contribution in [-0.4, -0.2) is 88.9 Å². The monoisotopic (exact) mass is 767 g/mol. The third-order valence-corrected chi connectivity index (χ3v) is 11.5. The molecule has 3 aromatic rings. The van der Waals surface area contributed by atoms with Crippen LogP contribution in [0.15, 0.2) is 54.6 Å². The molecule has 0 spiro atoms. The Morgan fingerprint density at radius 3 is 1.20 bits per heavy atom. The summed E-state index contributed by atoms with van der Waals surface area (Å²) in [6, 6.07) is 17.0. The van der Waals surface area contributed by atoms with Crippen LogP contribution in [-0.2, 0) is 16.8 Å². The van der Waals surface area contributed by atoms with E-state index in [9.17, 15) is 28.5 Å². The summed E-state index contributed by atoms with van der Waals surface area (Å²) in [5.41, 5.74) is -0.981. The highest BCUT2D eigenvalue weighted by Crippen LogP contribution is 2.36. The summed E-state index contributed by atoms with van der Waals surface area (Å²) in [6.07, 6.45) is 4.81. The van der Waals surface area contributed by atoms with E-state index >= 15 is 0 Å². The normalized spacial score (nSPS) is 19.6. The van der Waals surface area contributed by atoms with Crippen LogP contribution in [0, 0.1) is 40.1 Å². The van der Waals surface area contributed by atoms with Gasteiger partial charge in [-0.15, -0.1) is 0 Å². The van der Waals surface area contributed by atoms with Gasteiger partial charge in [0.25, 0.3) is 0 Å². The molecule has 6 rings (SSSR count). The number of hydrogen-bond acceptors (Lipinski definition) is 8. The van der Waals surface area contributed by atoms with Gasteiger partial charge in [0.1, 0.15) is 29.6 Å². The first-order chi connectivity index (χ1) is 25.7. The minimum absolute atomic E-state index is 0.0216. The van der Waals surface area contributed by atoms with Crippen molar-refractivity contribution in [3.63, 3.8) is 0 Å². The molecule has 3 aromatic carbocycles. The van der Waals surface area contributed by atoms with Gasteiger partial charge in [-0.05, 0) is 118 Å². The summed E-state index contributed by atoms with van der Waals surface area (Å²) >= 11 is 5.65. The van der Waals surface area contributed by atoms with Gasteiger partial charge in [0.05, 0.1) is 33.0 Å². The van der Waals surface area contributed by atoms with E-state index in [1.165, 1.54) is 36.4 Å². The Labute approximate surface area is 323 Å². The van der Waals surface area contributed by atoms with E-state index < -0.39 is 34.3 Å². The molecule has 0 radical (unpaired) electrons. The van der Waals surface area contributed by atoms with Crippen molar-refractivity contribution in [2.45, 2.75) is 82.5 Å². The van der Waals surface area contributed by atoms with Gasteiger partial charge >= 0.3 is 0 Å². The minimum Gasteiger partial charge on any atom is -0.385 e. The topological polar surface area (TPSA) is 118 Å². The largest absolute Gasteiger partial charge is 0.385 e. The van der Waals surface area contributed by atoms with Crippen molar-refractivity contribution >= 4 is 11.6 Å². The van der Waals surface area contributed by atoms with E-state index in [-0.39, 0.29) is 16.1 Å². The highest BCUT2D eigenvalue weighted by Gasteiger charge is 2.36. The van der Waals surface area contributed by atoms with Crippen LogP contribution < -0.4 is 0 Å². The number of aliphatic hydroxyl groups is 3. The predicted octanol–water partition coefficient (Wildman–Crippen LogP) is 7.17. The molecular formula is C42H53ClF3N5O3. The molecule has 54 heavy (non-hydrogen) atoms. The molecule has 8 nitrogen and oxygen atoms in total. The van der Waals surface area contributed by atoms with Crippen molar-refractivity contribution in [1.29, 1.82) is 10.5 Å². The summed E-state index contributed by atoms with van der Waals surface area (Å²) in [7, 11) is 0. The molecule has 0 unspecified atom stereocenters. The molecule has 3 fully saturated rings. The van der Waals surface area contributed by atoms with Crippen LogP contribution in [0.2, 0.25) is 5.02 Å². The van der Waals surface area contributed by atoms with Crippen molar-refractivity contribution in [1.82, 2.24) is 14.7 Å². The highest BCUT2D eigenvalue weighted by atomic mass is 35.5. The van der Waals surface area contributed by atoms with Crippen LogP contribution >= 0.6 is 11.6 Å². The summed E-state index contributed by atoms with van der Waals surface area (Å²) in [4.78, 5) is 6.85. The van der Waals surface area contributed by atoms with Crippen molar-refractivity contribution in [2.24, 2.45) is 0 Å². The van der Waals surface area contributed by atoms with Gasteiger partial charge in [-0.1, -0.05) is 50.6 Å². The van der Waals surface area contributed by atoms with Gasteiger partial charge in [-0.2, -0.15) is 10.5 Å². The van der Waals surface area contributed by atoms with Gasteiger partial charge in [-0.25, -0.2) is 13.2 Å². The van der Waals surface area contributed by atoms with Gasteiger partial charge in [0, 0.05) is 39.3 Å². The van der Waals surface area contributed by atoms with Gasteiger partial charge in [0.15, 0.2) is 0 Å². The lowest BCUT2D eigenvalue weighted by molar-refractivity contribution is -0.0261. The molecule has 292 valence electrons. The summed E-state index contributed by atoms with van der Waals surface area (Å²) in [5.74, 6) is -1.57. The smallest absolute Gasteiger partial charge is 0.142 e. The first-order valence-electron chi connectivity index (χ1n) is 18.9. The number of piperidine rings is 3. The van der Waals surface area contributed by atoms with Crippen molar-refractivity contribution in [2.75, 3.05) is 58.9 Å². The third-order valence-electron chi connectivity index (χ3n) is 11.2. The quantitative estimate of drug-likeness (QED) is 0.232. The fourth-order valence-corrected chi connectivity index (χ4v) is 7.50. The average molecular weight is 768 g/mol. The Morgan fingerprint density at radius 1 is 0.574 bits per heavy atom. The lowest BCUT2D eigenvalue weighted by Gasteiger charge is -2.38. The zero-order valence-electron chi connectivity index (χ0n) is 31.6. The molecule has 12 heteroatoms. The minimum atomic E-state index is -0.959. The zero-order valence-corrected chi connectivity index (χ0v) is 32.4. The first kappa shape index (κ1) is 43.2. The van der Waals surface area contributed by atoms with E-state index in [0.29, 0.717) is 55.2 Å². The Bertz CT molecular complexity index is 1770. The van der Waals surface area contributed by atoms with Crippen molar-refractivity contribution < 1.29 is 28.5 Å². The fourth-order valence-electron chi connectivity index (χ4n) is 7.38. The number of nitriles is 2. The molecular weight excluding hydrogens is 715 g/mol. The summed E-state index contributed by atoms with van der Waals surface area (Å²) in [6.45, 7) is 14.3. The Morgan fingerprint density at radius 2 is 0.907 bits per heavy atom. The molecule has 3 aliphatic heterocycles. The van der Waals surface area contributed by atoms with Gasteiger partial charge in [0.2, 0.25) is 0 Å². The third kappa shape index (κ3) is 10.8. The lowest BCUT2D eigenvalue weighted by atomic mass is 9.84. The SMILES string of the molecule is CCCN1CCC(O)(c2ccc(C#N)c(F)c2)CC1.CCN1CCC(O)(c2ccc(C#N)c(F)c2)CC1.CCN1CCC(O)(c2ccc(Cl)c(F)c2)CC1. The molecule has 3 heterocycles. The molecule has 3 N–H and O–H groups in total. The second-order valence-electron chi connectivity index (χ2n) is 14.5. The standard InChI is InChI=1S/C15H19FN2O.C14H17FN2O.C13H17ClFNO/c1-2-7-18-8-5-15(19,6-9-18)13-4-3-12(11-17)14(16)10-13;1-2-17-7-5-14(18,6-8-17)12-4-3-11(10-16)13(15)9-12;1-2-16-7-5-13(17,6-8-16)10-3-4-11(14)12(15)9-10/h3-4,10,19H,2,5-9H2,1H3;3-4,9,18H,2,5-8H2,1H3;3-4,9,17H,2,5-8H2,1H3. The first-order valence-corrected chi connectivity index (χ1v) is 19.3. The zero-order chi connectivity index (χ0) is 39.5. The van der Waals surface area contributed by atoms with E-state index in [2.05, 4.69) is 35.5 Å². The second kappa shape index (κ2) is 19.4. The van der Waals surface area contributed by atoms with E-state index in [4.69, 9.17) is 22.1 Å². The Balaban J connectivity index is 0.000000181. The van der Waals surface area contributed by atoms with Crippen LogP contribution in [0.1, 0.15) is 93.5 Å². The van der Waals surface area contributed by atoms with Crippen molar-refractivity contribution in [3.05, 3.63) is 105 Å². The van der Waals surface area contributed by atoms with E-state index in [0.717, 1.165) is 65.3 Å². The number of rotatable bonds is 7. The molecule has 0 aliphatic carbocycles. The van der Waals surface area contributed by atoms with E-state index in [1.54, 1.807) is 30.3 Å². The maximum Gasteiger partial charge on any atom is 0.142 e. The van der Waals surface area contributed by atoms with Gasteiger partial charge < -0.3 is 30.0 Å². The van der Waals surface area contributed by atoms with Crippen LogP contribution in [0.5, 0.6) is 0 Å². The molecule has 0 atom stereocenters. The van der Waals surface area contributed by atoms with Gasteiger partial charge in [-0.3, -0.25) is 0 Å². The Kier molecular flexibility index (Phi) is 15.5. The maximum atomic E-state index is 13.6. The van der Waals surface area contributed by atoms with Crippen LogP contribution in [0.3, 0.4) is 0 Å². The predicted molar refractivity (Wildman–Crippen MR) is 204 cm³/mol. The highest BCUT2D eigenvalue weighted by molar-refractivity contribution is 6.30. The fraction of sp³-hybridized carbons (Fsp3) is 0.524. The Hall–Kier alpha value is -3.52. The molecule has 0 aromatic heterocycles. The second-order valence-corrected chi connectivity index (χ2v) is 15.0. The average Bonchev–Trinajstić information content (AvgIpc) is 3.18. The number of hydrogen-bond donors (Lipinski definition) is 3. The number of nitrogens with zero attached hydrogens (tertiary/aromatic N) is 5. The number of halogens is 4. The number of benzene rings is 3. The molecule has 3 saturated heterocycles. The molecule has 0 saturated carbocycles. The van der Waals surface area contributed by atoms with Crippen LogP contribution in [0.4, 0.5) is 13.2 Å². The summed E-state index contributed by atoms with van der Waals surface area (Å²) in [5, 5.41) is 49.3. The van der Waals surface area contributed by atoms with Crippen LogP contribution in [0.25, 0.3) is 0 Å². The molecule has 3 aliphatic rings. The van der Waals surface area contributed by atoms with E-state index in [1.807, 2.05) is 0 Å². The molecule has 0 bridgehead atoms. The maximum absolute atomic E-state index is 13.6. The molecule has 0 amide bonds. The lowest BCUT2D eigenvalue weighted by Crippen LogP contribution is -2.42. The van der Waals surface area contributed by atoms with Crippen molar-refractivity contribution in [3.8, 4) is 12.1 Å². The number of likely N-dealkylation sites (tertiary alicyclic amines) is 3. The summed E-state index contributed by atoms with van der Waals surface area (Å²) < 4.78 is 40.6.